The Bertz CT molecular complexity index is 1490. The molecule has 0 aliphatic heterocycles. The molecule has 0 heterocycles. The van der Waals surface area contributed by atoms with Crippen molar-refractivity contribution < 1.29 is 27.4 Å². The molecule has 4 aromatic rings. The van der Waals surface area contributed by atoms with Crippen LogP contribution in [0.1, 0.15) is 21.5 Å². The Hall–Kier alpha value is -4.50. The Balaban J connectivity index is 1.38. The first-order chi connectivity index (χ1) is 18.4. The van der Waals surface area contributed by atoms with Crippen LogP contribution in [0.3, 0.4) is 0 Å². The van der Waals surface area contributed by atoms with Crippen LogP contribution in [0.5, 0.6) is 17.2 Å². The molecule has 0 unspecified atom stereocenters. The lowest BCUT2D eigenvalue weighted by atomic mass is 10.1. The highest BCUT2D eigenvalue weighted by molar-refractivity contribution is 7.92. The maximum atomic E-state index is 13.0. The Morgan fingerprint density at radius 1 is 0.763 bits per heavy atom. The van der Waals surface area contributed by atoms with Gasteiger partial charge in [-0.1, -0.05) is 42.5 Å². The molecule has 0 saturated carbocycles. The predicted molar refractivity (Wildman–Crippen MR) is 145 cm³/mol. The van der Waals surface area contributed by atoms with E-state index in [2.05, 4.69) is 10.0 Å². The van der Waals surface area contributed by atoms with Crippen molar-refractivity contribution in [2.45, 2.75) is 18.0 Å². The van der Waals surface area contributed by atoms with Gasteiger partial charge in [0.1, 0.15) is 12.4 Å². The van der Waals surface area contributed by atoms with Crippen LogP contribution >= 0.6 is 0 Å². The zero-order valence-corrected chi connectivity index (χ0v) is 21.8. The third-order valence-electron chi connectivity index (χ3n) is 5.66. The highest BCUT2D eigenvalue weighted by atomic mass is 32.2. The number of benzene rings is 4. The third-order valence-corrected chi connectivity index (χ3v) is 7.04. The van der Waals surface area contributed by atoms with Gasteiger partial charge in [-0.15, -0.1) is 0 Å². The van der Waals surface area contributed by atoms with E-state index in [0.717, 1.165) is 11.1 Å². The molecule has 38 heavy (non-hydrogen) atoms. The molecule has 0 spiro atoms. The highest BCUT2D eigenvalue weighted by Crippen LogP contribution is 2.27. The second kappa shape index (κ2) is 12.2. The molecule has 0 aliphatic carbocycles. The summed E-state index contributed by atoms with van der Waals surface area (Å²) in [4.78, 5) is 12.7. The van der Waals surface area contributed by atoms with Gasteiger partial charge in [-0.25, -0.2) is 8.42 Å². The zero-order chi connectivity index (χ0) is 27.0. The number of ether oxygens (including phenoxy) is 3. The SMILES string of the molecule is COc1ccc(CNC(=O)c2cccc(S(=O)(=O)Nc3ccc(OCc4ccccc4)cc3)c2)cc1OC. The van der Waals surface area contributed by atoms with Gasteiger partial charge in [0.15, 0.2) is 11.5 Å². The minimum atomic E-state index is -3.92. The second-order valence-electron chi connectivity index (χ2n) is 8.30. The van der Waals surface area contributed by atoms with Gasteiger partial charge < -0.3 is 19.5 Å². The number of anilines is 1. The van der Waals surface area contributed by atoms with Gasteiger partial charge in [0.2, 0.25) is 0 Å². The number of carbonyl (C=O) groups is 1. The third kappa shape index (κ3) is 6.83. The van der Waals surface area contributed by atoms with Gasteiger partial charge in [0, 0.05) is 17.8 Å². The Kier molecular flexibility index (Phi) is 8.50. The maximum absolute atomic E-state index is 13.0. The molecular formula is C29H28N2O6S. The van der Waals surface area contributed by atoms with Crippen molar-refractivity contribution in [3.63, 3.8) is 0 Å². The summed E-state index contributed by atoms with van der Waals surface area (Å²) in [5, 5.41) is 2.80. The molecule has 0 radical (unpaired) electrons. The van der Waals surface area contributed by atoms with Gasteiger partial charge in [-0.05, 0) is 65.7 Å². The van der Waals surface area contributed by atoms with Crippen molar-refractivity contribution in [1.29, 1.82) is 0 Å². The summed E-state index contributed by atoms with van der Waals surface area (Å²) in [6.45, 7) is 0.639. The molecule has 196 valence electrons. The molecular weight excluding hydrogens is 504 g/mol. The molecule has 9 heteroatoms. The average Bonchev–Trinajstić information content (AvgIpc) is 2.95. The number of nitrogens with one attached hydrogen (secondary N) is 2. The van der Waals surface area contributed by atoms with Crippen molar-refractivity contribution in [2.75, 3.05) is 18.9 Å². The quantitative estimate of drug-likeness (QED) is 0.281. The van der Waals surface area contributed by atoms with Crippen LogP contribution in [0.25, 0.3) is 0 Å². The van der Waals surface area contributed by atoms with Gasteiger partial charge in [0.25, 0.3) is 15.9 Å². The first-order valence-corrected chi connectivity index (χ1v) is 13.2. The molecule has 0 bridgehead atoms. The molecule has 0 atom stereocenters. The Labute approximate surface area is 222 Å². The van der Waals surface area contributed by atoms with Gasteiger partial charge >= 0.3 is 0 Å². The molecule has 0 aliphatic rings. The van der Waals surface area contributed by atoms with Crippen molar-refractivity contribution in [2.24, 2.45) is 0 Å². The normalized spacial score (nSPS) is 10.9. The molecule has 0 aromatic heterocycles. The van der Waals surface area contributed by atoms with Crippen LogP contribution in [-0.2, 0) is 23.2 Å². The molecule has 4 rings (SSSR count). The fourth-order valence-electron chi connectivity index (χ4n) is 3.65. The van der Waals surface area contributed by atoms with Gasteiger partial charge in [-0.2, -0.15) is 0 Å². The van der Waals surface area contributed by atoms with Gasteiger partial charge in [-0.3, -0.25) is 9.52 Å². The van der Waals surface area contributed by atoms with E-state index < -0.39 is 15.9 Å². The van der Waals surface area contributed by atoms with Gasteiger partial charge in [0.05, 0.1) is 19.1 Å². The minimum absolute atomic E-state index is 0.0272. The number of hydrogen-bond donors (Lipinski definition) is 2. The van der Waals surface area contributed by atoms with E-state index in [-0.39, 0.29) is 17.0 Å². The largest absolute Gasteiger partial charge is 0.493 e. The fourth-order valence-corrected chi connectivity index (χ4v) is 4.76. The van der Waals surface area contributed by atoms with E-state index in [9.17, 15) is 13.2 Å². The number of amides is 1. The molecule has 1 amide bonds. The van der Waals surface area contributed by atoms with Crippen LogP contribution in [0.2, 0.25) is 0 Å². The van der Waals surface area contributed by atoms with Crippen molar-refractivity contribution in [3.05, 3.63) is 114 Å². The number of rotatable bonds is 11. The lowest BCUT2D eigenvalue weighted by molar-refractivity contribution is 0.0950. The van der Waals surface area contributed by atoms with Crippen molar-refractivity contribution in [1.82, 2.24) is 5.32 Å². The average molecular weight is 533 g/mol. The Morgan fingerprint density at radius 3 is 2.21 bits per heavy atom. The highest BCUT2D eigenvalue weighted by Gasteiger charge is 2.17. The number of carbonyl (C=O) groups excluding carboxylic acids is 1. The zero-order valence-electron chi connectivity index (χ0n) is 21.0. The molecule has 0 saturated heterocycles. The van der Waals surface area contributed by atoms with E-state index in [1.54, 1.807) is 49.6 Å². The molecule has 8 nitrogen and oxygen atoms in total. The fraction of sp³-hybridized carbons (Fsp3) is 0.138. The molecule has 2 N–H and O–H groups in total. The van der Waals surface area contributed by atoms with E-state index in [1.807, 2.05) is 36.4 Å². The molecule has 4 aromatic carbocycles. The Morgan fingerprint density at radius 2 is 1.50 bits per heavy atom. The van der Waals surface area contributed by atoms with Crippen LogP contribution < -0.4 is 24.2 Å². The lowest BCUT2D eigenvalue weighted by Gasteiger charge is -2.12. The van der Waals surface area contributed by atoms with E-state index >= 15 is 0 Å². The van der Waals surface area contributed by atoms with Crippen molar-refractivity contribution in [3.8, 4) is 17.2 Å². The second-order valence-corrected chi connectivity index (χ2v) is 9.99. The summed E-state index contributed by atoms with van der Waals surface area (Å²) in [5.74, 6) is 1.35. The lowest BCUT2D eigenvalue weighted by Crippen LogP contribution is -2.23. The van der Waals surface area contributed by atoms with E-state index in [0.29, 0.717) is 29.5 Å². The van der Waals surface area contributed by atoms with Crippen LogP contribution in [0.4, 0.5) is 5.69 Å². The van der Waals surface area contributed by atoms with Crippen LogP contribution in [0, 0.1) is 0 Å². The minimum Gasteiger partial charge on any atom is -0.493 e. The number of hydrogen-bond acceptors (Lipinski definition) is 6. The molecule has 0 fully saturated rings. The first kappa shape index (κ1) is 26.6. The monoisotopic (exact) mass is 532 g/mol. The van der Waals surface area contributed by atoms with Crippen LogP contribution in [0.15, 0.2) is 102 Å². The maximum Gasteiger partial charge on any atom is 0.261 e. The number of sulfonamides is 1. The summed E-state index contributed by atoms with van der Waals surface area (Å²) in [6, 6.07) is 27.6. The standard InChI is InChI=1S/C29H28N2O6S/c1-35-27-16-11-22(17-28(27)36-2)19-30-29(32)23-9-6-10-26(18-23)38(33,34)31-24-12-14-25(15-13-24)37-20-21-7-4-3-5-8-21/h3-18,31H,19-20H2,1-2H3,(H,30,32). The summed E-state index contributed by atoms with van der Waals surface area (Å²) in [7, 11) is -0.839. The topological polar surface area (TPSA) is 103 Å². The first-order valence-electron chi connectivity index (χ1n) is 11.8. The summed E-state index contributed by atoms with van der Waals surface area (Å²) >= 11 is 0. The van der Waals surface area contributed by atoms with Crippen molar-refractivity contribution >= 4 is 21.6 Å². The van der Waals surface area contributed by atoms with Crippen LogP contribution in [-0.4, -0.2) is 28.5 Å². The predicted octanol–water partition coefficient (Wildman–Crippen LogP) is 5.01. The summed E-state index contributed by atoms with van der Waals surface area (Å²) in [6.07, 6.45) is 0. The number of methoxy groups -OCH3 is 2. The summed E-state index contributed by atoms with van der Waals surface area (Å²) < 4.78 is 44.8. The smallest absolute Gasteiger partial charge is 0.261 e. The summed E-state index contributed by atoms with van der Waals surface area (Å²) in [5.41, 5.74) is 2.43. The van der Waals surface area contributed by atoms with E-state index in [4.69, 9.17) is 14.2 Å². The van der Waals surface area contributed by atoms with E-state index in [1.165, 1.54) is 25.3 Å².